The summed E-state index contributed by atoms with van der Waals surface area (Å²) in [6.45, 7) is 8.63. The van der Waals surface area contributed by atoms with E-state index in [-0.39, 0.29) is 0 Å². The molecule has 0 radical (unpaired) electrons. The maximum atomic E-state index is 10.8. The minimum absolute atomic E-state index is 0.593. The fourth-order valence-corrected chi connectivity index (χ4v) is 2.58. The van der Waals surface area contributed by atoms with Crippen molar-refractivity contribution in [2.75, 3.05) is 6.61 Å². The van der Waals surface area contributed by atoms with E-state index in [4.69, 9.17) is 4.74 Å². The van der Waals surface area contributed by atoms with Crippen LogP contribution in [-0.2, 0) is 0 Å². The van der Waals surface area contributed by atoms with Crippen molar-refractivity contribution in [3.63, 3.8) is 0 Å². The van der Waals surface area contributed by atoms with Crippen LogP contribution < -0.4 is 4.74 Å². The van der Waals surface area contributed by atoms with Crippen LogP contribution in [-0.4, -0.2) is 11.7 Å². The molecule has 2 aromatic carbocycles. The van der Waals surface area contributed by atoms with E-state index in [1.54, 1.807) is 0 Å². The van der Waals surface area contributed by atoms with E-state index in [0.717, 1.165) is 33.6 Å². The van der Waals surface area contributed by atoms with Gasteiger partial charge in [-0.25, -0.2) is 0 Å². The number of aliphatic hydroxyl groups excluding tert-OH is 1. The van der Waals surface area contributed by atoms with Gasteiger partial charge in [-0.3, -0.25) is 0 Å². The highest BCUT2D eigenvalue weighted by atomic mass is 16.5. The fraction of sp³-hybridized carbons (Fsp3) is 0.333. The molecule has 0 saturated carbocycles. The summed E-state index contributed by atoms with van der Waals surface area (Å²) in [6, 6.07) is 12.0. The van der Waals surface area contributed by atoms with Crippen molar-refractivity contribution < 1.29 is 9.84 Å². The van der Waals surface area contributed by atoms with Crippen molar-refractivity contribution in [2.24, 2.45) is 0 Å². The molecule has 2 aromatic rings. The van der Waals surface area contributed by atoms with Gasteiger partial charge >= 0.3 is 0 Å². The van der Waals surface area contributed by atoms with E-state index in [1.807, 2.05) is 64.1 Å². The van der Waals surface area contributed by atoms with Crippen LogP contribution in [0.5, 0.6) is 5.75 Å². The van der Waals surface area contributed by atoms with Crippen LogP contribution in [0, 0.1) is 20.8 Å². The third kappa shape index (κ3) is 2.86. The second kappa shape index (κ2) is 6.10. The molecule has 20 heavy (non-hydrogen) atoms. The first-order chi connectivity index (χ1) is 9.54. The number of ether oxygens (including phenoxy) is 1. The van der Waals surface area contributed by atoms with Crippen LogP contribution in [0.3, 0.4) is 0 Å². The second-order valence-electron chi connectivity index (χ2n) is 5.18. The standard InChI is InChI=1S/C18H22O2/c1-5-20-16-10-9-12(2)11-15(16)18(19)17-13(3)7-6-8-14(17)4/h6-11,18-19H,5H2,1-4H3. The average molecular weight is 270 g/mol. The summed E-state index contributed by atoms with van der Waals surface area (Å²) in [5, 5.41) is 10.8. The van der Waals surface area contributed by atoms with Crippen molar-refractivity contribution in [3.8, 4) is 5.75 Å². The Balaban J connectivity index is 2.52. The molecule has 0 amide bonds. The zero-order valence-electron chi connectivity index (χ0n) is 12.6. The van der Waals surface area contributed by atoms with Crippen molar-refractivity contribution >= 4 is 0 Å². The van der Waals surface area contributed by atoms with Crippen LogP contribution >= 0.6 is 0 Å². The highest BCUT2D eigenvalue weighted by molar-refractivity contribution is 5.46. The van der Waals surface area contributed by atoms with Crippen LogP contribution in [0.1, 0.15) is 40.8 Å². The molecule has 2 rings (SSSR count). The van der Waals surface area contributed by atoms with Crippen molar-refractivity contribution in [1.29, 1.82) is 0 Å². The van der Waals surface area contributed by atoms with Gasteiger partial charge in [-0.05, 0) is 56.5 Å². The number of hydrogen-bond donors (Lipinski definition) is 1. The lowest BCUT2D eigenvalue weighted by atomic mass is 9.92. The second-order valence-corrected chi connectivity index (χ2v) is 5.18. The van der Waals surface area contributed by atoms with E-state index < -0.39 is 6.10 Å². The van der Waals surface area contributed by atoms with Gasteiger partial charge in [0, 0.05) is 5.56 Å². The average Bonchev–Trinajstić information content (AvgIpc) is 2.40. The van der Waals surface area contributed by atoms with Gasteiger partial charge in [0.1, 0.15) is 11.9 Å². The van der Waals surface area contributed by atoms with Gasteiger partial charge in [-0.2, -0.15) is 0 Å². The molecule has 106 valence electrons. The molecule has 0 aliphatic heterocycles. The van der Waals surface area contributed by atoms with E-state index in [2.05, 4.69) is 0 Å². The topological polar surface area (TPSA) is 29.5 Å². The molecule has 0 saturated heterocycles. The third-order valence-electron chi connectivity index (χ3n) is 3.58. The highest BCUT2D eigenvalue weighted by Gasteiger charge is 2.19. The maximum Gasteiger partial charge on any atom is 0.125 e. The van der Waals surface area contributed by atoms with E-state index in [9.17, 15) is 5.11 Å². The Morgan fingerprint density at radius 2 is 1.70 bits per heavy atom. The molecule has 0 fully saturated rings. The minimum atomic E-state index is -0.655. The lowest BCUT2D eigenvalue weighted by molar-refractivity contribution is 0.210. The van der Waals surface area contributed by atoms with Crippen LogP contribution in [0.4, 0.5) is 0 Å². The molecule has 0 aliphatic carbocycles. The monoisotopic (exact) mass is 270 g/mol. The molecule has 2 nitrogen and oxygen atoms in total. The minimum Gasteiger partial charge on any atom is -0.493 e. The van der Waals surface area contributed by atoms with Crippen LogP contribution in [0.25, 0.3) is 0 Å². The fourth-order valence-electron chi connectivity index (χ4n) is 2.58. The SMILES string of the molecule is CCOc1ccc(C)cc1C(O)c1c(C)cccc1C. The first-order valence-electron chi connectivity index (χ1n) is 7.02. The Morgan fingerprint density at radius 3 is 2.30 bits per heavy atom. The zero-order valence-corrected chi connectivity index (χ0v) is 12.6. The molecule has 0 spiro atoms. The summed E-state index contributed by atoms with van der Waals surface area (Å²) in [6.07, 6.45) is -0.655. The zero-order chi connectivity index (χ0) is 14.7. The number of rotatable bonds is 4. The summed E-state index contributed by atoms with van der Waals surface area (Å²) in [4.78, 5) is 0. The molecule has 0 bridgehead atoms. The summed E-state index contributed by atoms with van der Waals surface area (Å²) in [7, 11) is 0. The number of aliphatic hydroxyl groups is 1. The highest BCUT2D eigenvalue weighted by Crippen LogP contribution is 2.34. The maximum absolute atomic E-state index is 10.8. The molecule has 1 unspecified atom stereocenters. The molecule has 2 heteroatoms. The van der Waals surface area contributed by atoms with E-state index >= 15 is 0 Å². The van der Waals surface area contributed by atoms with Gasteiger partial charge in [0.15, 0.2) is 0 Å². The largest absolute Gasteiger partial charge is 0.493 e. The summed E-state index contributed by atoms with van der Waals surface area (Å²) in [5.74, 6) is 0.758. The van der Waals surface area contributed by atoms with Crippen molar-refractivity contribution in [2.45, 2.75) is 33.8 Å². The Hall–Kier alpha value is -1.80. The molecule has 1 atom stereocenters. The van der Waals surface area contributed by atoms with E-state index in [0.29, 0.717) is 6.61 Å². The Kier molecular flexibility index (Phi) is 4.46. The van der Waals surface area contributed by atoms with Gasteiger partial charge in [-0.1, -0.05) is 29.8 Å². The Bertz CT molecular complexity index is 582. The number of aryl methyl sites for hydroxylation is 3. The van der Waals surface area contributed by atoms with Gasteiger partial charge in [0.25, 0.3) is 0 Å². The van der Waals surface area contributed by atoms with Crippen molar-refractivity contribution in [1.82, 2.24) is 0 Å². The summed E-state index contributed by atoms with van der Waals surface area (Å²) >= 11 is 0. The first kappa shape index (κ1) is 14.6. The number of hydrogen-bond acceptors (Lipinski definition) is 2. The molecule has 0 heterocycles. The summed E-state index contributed by atoms with van der Waals surface area (Å²) < 4.78 is 5.65. The molecular weight excluding hydrogens is 248 g/mol. The van der Waals surface area contributed by atoms with Gasteiger partial charge in [-0.15, -0.1) is 0 Å². The predicted octanol–water partition coefficient (Wildman–Crippen LogP) is 4.09. The first-order valence-corrected chi connectivity index (χ1v) is 7.02. The Morgan fingerprint density at radius 1 is 1.05 bits per heavy atom. The third-order valence-corrected chi connectivity index (χ3v) is 3.58. The normalized spacial score (nSPS) is 12.2. The molecular formula is C18H22O2. The quantitative estimate of drug-likeness (QED) is 0.906. The predicted molar refractivity (Wildman–Crippen MR) is 82.3 cm³/mol. The summed E-state index contributed by atoms with van der Waals surface area (Å²) in [5.41, 5.74) is 5.12. The van der Waals surface area contributed by atoms with Crippen LogP contribution in [0.15, 0.2) is 36.4 Å². The van der Waals surface area contributed by atoms with Gasteiger partial charge in [0.2, 0.25) is 0 Å². The molecule has 0 aliphatic rings. The van der Waals surface area contributed by atoms with E-state index in [1.165, 1.54) is 0 Å². The van der Waals surface area contributed by atoms with Crippen LogP contribution in [0.2, 0.25) is 0 Å². The smallest absolute Gasteiger partial charge is 0.125 e. The lowest BCUT2D eigenvalue weighted by Crippen LogP contribution is -2.07. The van der Waals surface area contributed by atoms with Gasteiger partial charge < -0.3 is 9.84 Å². The van der Waals surface area contributed by atoms with Crippen molar-refractivity contribution in [3.05, 3.63) is 64.2 Å². The lowest BCUT2D eigenvalue weighted by Gasteiger charge is -2.20. The molecule has 0 aromatic heterocycles. The number of benzene rings is 2. The van der Waals surface area contributed by atoms with Gasteiger partial charge in [0.05, 0.1) is 6.61 Å². The molecule has 1 N–H and O–H groups in total. The Labute approximate surface area is 121 Å².